The highest BCUT2D eigenvalue weighted by atomic mass is 16.5. The predicted octanol–water partition coefficient (Wildman–Crippen LogP) is 2.85. The largest absolute Gasteiger partial charge is 0.379 e. The molecule has 98 valence electrons. The molecule has 0 N–H and O–H groups in total. The van der Waals surface area contributed by atoms with Crippen LogP contribution in [-0.2, 0) is 9.53 Å². The highest BCUT2D eigenvalue weighted by Crippen LogP contribution is 2.24. The first-order valence-electron chi connectivity index (χ1n) is 6.70. The highest BCUT2D eigenvalue weighted by Gasteiger charge is 2.30. The molecule has 3 heteroatoms. The number of benzene rings is 1. The minimum absolute atomic E-state index is 0.0609. The van der Waals surface area contributed by atoms with Crippen molar-refractivity contribution in [3.05, 3.63) is 30.3 Å². The van der Waals surface area contributed by atoms with Crippen molar-refractivity contribution in [3.8, 4) is 0 Å². The first-order chi connectivity index (χ1) is 8.74. The van der Waals surface area contributed by atoms with Crippen molar-refractivity contribution in [2.45, 2.75) is 32.7 Å². The van der Waals surface area contributed by atoms with Crippen molar-refractivity contribution in [1.82, 2.24) is 0 Å². The Labute approximate surface area is 109 Å². The van der Waals surface area contributed by atoms with Gasteiger partial charge in [0.25, 0.3) is 0 Å². The van der Waals surface area contributed by atoms with Crippen LogP contribution in [0.5, 0.6) is 0 Å². The molecule has 1 heterocycles. The second kappa shape index (κ2) is 6.01. The molecule has 0 bridgehead atoms. The molecule has 18 heavy (non-hydrogen) atoms. The first-order valence-corrected chi connectivity index (χ1v) is 6.70. The molecule has 0 aromatic heterocycles. The molecule has 1 fully saturated rings. The van der Waals surface area contributed by atoms with Gasteiger partial charge < -0.3 is 9.64 Å². The predicted molar refractivity (Wildman–Crippen MR) is 72.6 cm³/mol. The van der Waals surface area contributed by atoms with Crippen molar-refractivity contribution >= 4 is 11.6 Å². The molecule has 1 aromatic carbocycles. The van der Waals surface area contributed by atoms with Gasteiger partial charge in [-0.3, -0.25) is 4.79 Å². The Morgan fingerprint density at radius 3 is 2.72 bits per heavy atom. The van der Waals surface area contributed by atoms with E-state index in [0.717, 1.165) is 25.1 Å². The molecule has 1 aromatic rings. The summed E-state index contributed by atoms with van der Waals surface area (Å²) in [5.41, 5.74) is 0.985. The molecule has 0 unspecified atom stereocenters. The minimum atomic E-state index is 0.0609. The number of carbonyl (C=O) groups excluding carboxylic acids is 1. The Bertz CT molecular complexity index is 385. The van der Waals surface area contributed by atoms with Crippen molar-refractivity contribution in [3.63, 3.8) is 0 Å². The smallest absolute Gasteiger partial charge is 0.230 e. The number of rotatable bonds is 4. The van der Waals surface area contributed by atoms with Gasteiger partial charge in [-0.15, -0.1) is 0 Å². The fourth-order valence-corrected chi connectivity index (χ4v) is 2.24. The number of hydrogen-bond acceptors (Lipinski definition) is 2. The van der Waals surface area contributed by atoms with Crippen molar-refractivity contribution < 1.29 is 9.53 Å². The van der Waals surface area contributed by atoms with E-state index in [1.165, 1.54) is 0 Å². The first kappa shape index (κ1) is 13.1. The zero-order valence-electron chi connectivity index (χ0n) is 11.1. The zero-order valence-corrected chi connectivity index (χ0v) is 11.1. The van der Waals surface area contributed by atoms with Gasteiger partial charge in [0.05, 0.1) is 12.6 Å². The molecule has 2 rings (SSSR count). The maximum absolute atomic E-state index is 12.5. The zero-order chi connectivity index (χ0) is 13.0. The van der Waals surface area contributed by atoms with E-state index < -0.39 is 0 Å². The van der Waals surface area contributed by atoms with Gasteiger partial charge in [-0.25, -0.2) is 0 Å². The van der Waals surface area contributed by atoms with E-state index in [-0.39, 0.29) is 17.9 Å². The number of amides is 1. The Hall–Kier alpha value is -1.35. The number of nitrogens with zero attached hydrogens (tertiary/aromatic N) is 1. The summed E-state index contributed by atoms with van der Waals surface area (Å²) in [7, 11) is 0. The van der Waals surface area contributed by atoms with Crippen molar-refractivity contribution in [2.24, 2.45) is 5.92 Å². The summed E-state index contributed by atoms with van der Waals surface area (Å²) in [6.07, 6.45) is 1.80. The van der Waals surface area contributed by atoms with Crippen LogP contribution in [0.25, 0.3) is 0 Å². The summed E-state index contributed by atoms with van der Waals surface area (Å²) >= 11 is 0. The SMILES string of the molecule is CC[C@H](C)C(=O)N(c1ccccc1)[C@@H]1CCOC1. The van der Waals surface area contributed by atoms with E-state index in [1.54, 1.807) is 0 Å². The third-order valence-electron chi connectivity index (χ3n) is 3.58. The third-order valence-corrected chi connectivity index (χ3v) is 3.58. The van der Waals surface area contributed by atoms with Crippen LogP contribution in [0.3, 0.4) is 0 Å². The molecular formula is C15H21NO2. The van der Waals surface area contributed by atoms with E-state index >= 15 is 0 Å². The van der Waals surface area contributed by atoms with Gasteiger partial charge in [-0.2, -0.15) is 0 Å². The van der Waals surface area contributed by atoms with Crippen LogP contribution >= 0.6 is 0 Å². The van der Waals surface area contributed by atoms with Gasteiger partial charge in [0.1, 0.15) is 0 Å². The Balaban J connectivity index is 2.25. The summed E-state index contributed by atoms with van der Waals surface area (Å²) < 4.78 is 5.43. The molecule has 1 aliphatic heterocycles. The minimum Gasteiger partial charge on any atom is -0.379 e. The van der Waals surface area contributed by atoms with Crippen molar-refractivity contribution in [2.75, 3.05) is 18.1 Å². The van der Waals surface area contributed by atoms with E-state index in [4.69, 9.17) is 4.74 Å². The lowest BCUT2D eigenvalue weighted by atomic mass is 10.0. The lowest BCUT2D eigenvalue weighted by Gasteiger charge is -2.30. The number of hydrogen-bond donors (Lipinski definition) is 0. The van der Waals surface area contributed by atoms with Crippen LogP contribution in [0.1, 0.15) is 26.7 Å². The molecule has 0 spiro atoms. The normalized spacial score (nSPS) is 20.7. The summed E-state index contributed by atoms with van der Waals surface area (Å²) in [5, 5.41) is 0. The van der Waals surface area contributed by atoms with Crippen LogP contribution in [0, 0.1) is 5.92 Å². The molecule has 0 saturated carbocycles. The van der Waals surface area contributed by atoms with E-state index in [1.807, 2.05) is 42.2 Å². The van der Waals surface area contributed by atoms with Crippen LogP contribution in [-0.4, -0.2) is 25.2 Å². The van der Waals surface area contributed by atoms with Crippen LogP contribution in [0.4, 0.5) is 5.69 Å². The molecular weight excluding hydrogens is 226 g/mol. The maximum Gasteiger partial charge on any atom is 0.230 e. The summed E-state index contributed by atoms with van der Waals surface area (Å²) in [6, 6.07) is 10.1. The monoisotopic (exact) mass is 247 g/mol. The molecule has 0 radical (unpaired) electrons. The number of ether oxygens (including phenoxy) is 1. The van der Waals surface area contributed by atoms with E-state index in [0.29, 0.717) is 6.61 Å². The Morgan fingerprint density at radius 1 is 1.44 bits per heavy atom. The summed E-state index contributed by atoms with van der Waals surface area (Å²) in [6.45, 7) is 5.45. The third kappa shape index (κ3) is 2.72. The molecule has 1 aliphatic rings. The van der Waals surface area contributed by atoms with Gasteiger partial charge in [0.15, 0.2) is 0 Å². The lowest BCUT2D eigenvalue weighted by molar-refractivity contribution is -0.122. The number of carbonyl (C=O) groups is 1. The van der Waals surface area contributed by atoms with E-state index in [9.17, 15) is 4.79 Å². The second-order valence-electron chi connectivity index (χ2n) is 4.87. The number of para-hydroxylation sites is 1. The Kier molecular flexibility index (Phi) is 4.37. The van der Waals surface area contributed by atoms with Crippen LogP contribution < -0.4 is 4.90 Å². The van der Waals surface area contributed by atoms with E-state index in [2.05, 4.69) is 6.92 Å². The summed E-state index contributed by atoms with van der Waals surface area (Å²) in [5.74, 6) is 0.269. The van der Waals surface area contributed by atoms with Crippen LogP contribution in [0.15, 0.2) is 30.3 Å². The molecule has 1 saturated heterocycles. The van der Waals surface area contributed by atoms with Gasteiger partial charge in [-0.05, 0) is 25.0 Å². The second-order valence-corrected chi connectivity index (χ2v) is 4.87. The quantitative estimate of drug-likeness (QED) is 0.818. The molecule has 2 atom stereocenters. The van der Waals surface area contributed by atoms with Gasteiger partial charge in [0.2, 0.25) is 5.91 Å². The highest BCUT2D eigenvalue weighted by molar-refractivity contribution is 5.95. The maximum atomic E-state index is 12.5. The standard InChI is InChI=1S/C15H21NO2/c1-3-12(2)15(17)16(14-9-10-18-11-14)13-7-5-4-6-8-13/h4-8,12,14H,3,9-11H2,1-2H3/t12-,14+/m0/s1. The fourth-order valence-electron chi connectivity index (χ4n) is 2.24. The molecule has 3 nitrogen and oxygen atoms in total. The van der Waals surface area contributed by atoms with Crippen molar-refractivity contribution in [1.29, 1.82) is 0 Å². The summed E-state index contributed by atoms with van der Waals surface area (Å²) in [4.78, 5) is 14.5. The topological polar surface area (TPSA) is 29.5 Å². The van der Waals surface area contributed by atoms with Gasteiger partial charge >= 0.3 is 0 Å². The Morgan fingerprint density at radius 2 is 2.17 bits per heavy atom. The van der Waals surface area contributed by atoms with Gasteiger partial charge in [-0.1, -0.05) is 32.0 Å². The average Bonchev–Trinajstić information content (AvgIpc) is 2.93. The molecule has 1 amide bonds. The fraction of sp³-hybridized carbons (Fsp3) is 0.533. The van der Waals surface area contributed by atoms with Crippen LogP contribution in [0.2, 0.25) is 0 Å². The lowest BCUT2D eigenvalue weighted by Crippen LogP contribution is -2.43. The van der Waals surface area contributed by atoms with Gasteiger partial charge in [0, 0.05) is 18.2 Å². The number of anilines is 1. The average molecular weight is 247 g/mol. The molecule has 0 aliphatic carbocycles.